The van der Waals surface area contributed by atoms with Gasteiger partial charge < -0.3 is 10.1 Å². The molecule has 0 atom stereocenters. The van der Waals surface area contributed by atoms with E-state index in [4.69, 9.17) is 4.74 Å². The summed E-state index contributed by atoms with van der Waals surface area (Å²) in [6, 6.07) is 2.27. The van der Waals surface area contributed by atoms with Crippen molar-refractivity contribution in [1.82, 2.24) is 0 Å². The fourth-order valence-corrected chi connectivity index (χ4v) is 1.38. The summed E-state index contributed by atoms with van der Waals surface area (Å²) in [5, 5.41) is 2.60. The number of hydrogen-bond donors (Lipinski definition) is 1. The van der Waals surface area contributed by atoms with Gasteiger partial charge in [0.2, 0.25) is 0 Å². The van der Waals surface area contributed by atoms with Crippen molar-refractivity contribution in [1.29, 1.82) is 0 Å². The normalized spacial score (nSPS) is 12.6. The number of hydrogen-bond acceptors (Lipinski definition) is 2. The Kier molecular flexibility index (Phi) is 4.79. The van der Waals surface area contributed by atoms with Gasteiger partial charge >= 0.3 is 6.18 Å². The zero-order chi connectivity index (χ0) is 14.7. The van der Waals surface area contributed by atoms with E-state index < -0.39 is 17.6 Å². The van der Waals surface area contributed by atoms with Crippen LogP contribution >= 0.6 is 0 Å². The Hall–Kier alpha value is -1.30. The average Bonchev–Trinajstić information content (AvgIpc) is 2.23. The maximum Gasteiger partial charge on any atom is 0.416 e. The Balaban J connectivity index is 2.63. The lowest BCUT2D eigenvalue weighted by atomic mass is 10.2. The lowest BCUT2D eigenvalue weighted by Gasteiger charge is -2.20. The summed E-state index contributed by atoms with van der Waals surface area (Å²) in [7, 11) is 0. The van der Waals surface area contributed by atoms with E-state index in [2.05, 4.69) is 5.32 Å². The maximum atomic E-state index is 13.3. The van der Waals surface area contributed by atoms with Crippen molar-refractivity contribution in [3.63, 3.8) is 0 Å². The predicted octanol–water partition coefficient (Wildman–Crippen LogP) is 4.07. The lowest BCUT2D eigenvalue weighted by molar-refractivity contribution is -0.137. The summed E-state index contributed by atoms with van der Waals surface area (Å²) in [6.45, 7) is 6.09. The predicted molar refractivity (Wildman–Crippen MR) is 65.6 cm³/mol. The molecule has 0 bridgehead atoms. The second kappa shape index (κ2) is 5.77. The third kappa shape index (κ3) is 5.46. The first kappa shape index (κ1) is 15.8. The maximum absolute atomic E-state index is 13.3. The Labute approximate surface area is 109 Å². The van der Waals surface area contributed by atoms with Gasteiger partial charge in [-0.3, -0.25) is 0 Å². The molecule has 1 aromatic rings. The molecular weight excluding hydrogens is 262 g/mol. The SMILES string of the molecule is CC(C)(C)OCCNc1cc(C(F)(F)F)ccc1F. The minimum Gasteiger partial charge on any atom is -0.380 e. The second-order valence-electron chi connectivity index (χ2n) is 5.08. The van der Waals surface area contributed by atoms with E-state index in [9.17, 15) is 17.6 Å². The van der Waals surface area contributed by atoms with Crippen LogP contribution in [-0.2, 0) is 10.9 Å². The van der Waals surface area contributed by atoms with Crippen molar-refractivity contribution in [3.05, 3.63) is 29.6 Å². The number of halogens is 4. The average molecular weight is 279 g/mol. The number of rotatable bonds is 4. The number of nitrogens with one attached hydrogen (secondary N) is 1. The van der Waals surface area contributed by atoms with Crippen molar-refractivity contribution in [3.8, 4) is 0 Å². The Bertz CT molecular complexity index is 424. The van der Waals surface area contributed by atoms with Crippen molar-refractivity contribution >= 4 is 5.69 Å². The van der Waals surface area contributed by atoms with Crippen LogP contribution in [0.1, 0.15) is 26.3 Å². The van der Waals surface area contributed by atoms with Crippen LogP contribution in [-0.4, -0.2) is 18.8 Å². The summed E-state index contributed by atoms with van der Waals surface area (Å²) in [4.78, 5) is 0. The molecule has 0 radical (unpaired) electrons. The zero-order valence-electron chi connectivity index (χ0n) is 11.1. The van der Waals surface area contributed by atoms with Crippen molar-refractivity contribution in [2.75, 3.05) is 18.5 Å². The molecule has 0 fully saturated rings. The molecule has 19 heavy (non-hydrogen) atoms. The molecule has 0 saturated carbocycles. The molecule has 0 aliphatic carbocycles. The molecular formula is C13H17F4NO. The van der Waals surface area contributed by atoms with Gasteiger partial charge in [-0.2, -0.15) is 13.2 Å². The van der Waals surface area contributed by atoms with Crippen LogP contribution in [0.15, 0.2) is 18.2 Å². The van der Waals surface area contributed by atoms with Gasteiger partial charge in [0.05, 0.1) is 23.5 Å². The number of alkyl halides is 3. The third-order valence-electron chi connectivity index (χ3n) is 2.25. The molecule has 2 nitrogen and oxygen atoms in total. The molecule has 0 saturated heterocycles. The quantitative estimate of drug-likeness (QED) is 0.662. The molecule has 1 N–H and O–H groups in total. The molecule has 108 valence electrons. The lowest BCUT2D eigenvalue weighted by Crippen LogP contribution is -2.23. The fraction of sp³-hybridized carbons (Fsp3) is 0.538. The third-order valence-corrected chi connectivity index (χ3v) is 2.25. The summed E-state index contributed by atoms with van der Waals surface area (Å²) >= 11 is 0. The summed E-state index contributed by atoms with van der Waals surface area (Å²) in [5.74, 6) is -0.719. The Morgan fingerprint density at radius 2 is 1.79 bits per heavy atom. The van der Waals surface area contributed by atoms with Gasteiger partial charge in [0.1, 0.15) is 5.82 Å². The monoisotopic (exact) mass is 279 g/mol. The molecule has 1 aromatic carbocycles. The van der Waals surface area contributed by atoms with E-state index in [-0.39, 0.29) is 24.4 Å². The van der Waals surface area contributed by atoms with Gasteiger partial charge in [-0.25, -0.2) is 4.39 Å². The van der Waals surface area contributed by atoms with Crippen LogP contribution in [0.5, 0.6) is 0 Å². The van der Waals surface area contributed by atoms with E-state index >= 15 is 0 Å². The van der Waals surface area contributed by atoms with Crippen LogP contribution in [0.4, 0.5) is 23.2 Å². The number of benzene rings is 1. The smallest absolute Gasteiger partial charge is 0.380 e. The molecule has 0 amide bonds. The van der Waals surface area contributed by atoms with Crippen molar-refractivity contribution < 1.29 is 22.3 Å². The number of anilines is 1. The number of ether oxygens (including phenoxy) is 1. The van der Waals surface area contributed by atoms with Crippen LogP contribution in [0, 0.1) is 5.82 Å². The molecule has 0 unspecified atom stereocenters. The van der Waals surface area contributed by atoms with E-state index in [1.807, 2.05) is 20.8 Å². The summed E-state index contributed by atoms with van der Waals surface area (Å²) in [5.41, 5.74) is -1.39. The van der Waals surface area contributed by atoms with E-state index in [1.165, 1.54) is 0 Å². The minimum atomic E-state index is -4.48. The van der Waals surface area contributed by atoms with Gasteiger partial charge in [0, 0.05) is 6.54 Å². The molecule has 0 heterocycles. The first-order valence-corrected chi connectivity index (χ1v) is 5.84. The second-order valence-corrected chi connectivity index (χ2v) is 5.08. The molecule has 0 spiro atoms. The van der Waals surface area contributed by atoms with Crippen molar-refractivity contribution in [2.45, 2.75) is 32.5 Å². The highest BCUT2D eigenvalue weighted by Gasteiger charge is 2.31. The molecule has 0 aromatic heterocycles. The Morgan fingerprint density at radius 3 is 2.32 bits per heavy atom. The van der Waals surface area contributed by atoms with Crippen molar-refractivity contribution in [2.24, 2.45) is 0 Å². The van der Waals surface area contributed by atoms with E-state index in [0.717, 1.165) is 12.1 Å². The van der Waals surface area contributed by atoms with Crippen LogP contribution in [0.2, 0.25) is 0 Å². The minimum absolute atomic E-state index is 0.174. The highest BCUT2D eigenvalue weighted by molar-refractivity contribution is 5.48. The van der Waals surface area contributed by atoms with Gasteiger partial charge in [0.15, 0.2) is 0 Å². The Morgan fingerprint density at radius 1 is 1.16 bits per heavy atom. The molecule has 1 rings (SSSR count). The molecule has 0 aliphatic rings. The van der Waals surface area contributed by atoms with Gasteiger partial charge in [-0.15, -0.1) is 0 Å². The van der Waals surface area contributed by atoms with Gasteiger partial charge in [-0.05, 0) is 39.0 Å². The van der Waals surface area contributed by atoms with E-state index in [0.29, 0.717) is 6.07 Å². The van der Waals surface area contributed by atoms with Crippen LogP contribution < -0.4 is 5.32 Å². The summed E-state index contributed by atoms with van der Waals surface area (Å²) < 4.78 is 56.1. The highest BCUT2D eigenvalue weighted by Crippen LogP contribution is 2.31. The standard InChI is InChI=1S/C13H17F4NO/c1-12(2,3)19-7-6-18-11-8-9(13(15,16)17)4-5-10(11)14/h4-5,8,18H,6-7H2,1-3H3. The van der Waals surface area contributed by atoms with Gasteiger partial charge in [-0.1, -0.05) is 0 Å². The molecule has 0 aliphatic heterocycles. The summed E-state index contributed by atoms with van der Waals surface area (Å²) in [6.07, 6.45) is -4.48. The topological polar surface area (TPSA) is 21.3 Å². The van der Waals surface area contributed by atoms with Crippen LogP contribution in [0.25, 0.3) is 0 Å². The highest BCUT2D eigenvalue weighted by atomic mass is 19.4. The fourth-order valence-electron chi connectivity index (χ4n) is 1.38. The molecule has 6 heteroatoms. The van der Waals surface area contributed by atoms with Crippen LogP contribution in [0.3, 0.4) is 0 Å². The zero-order valence-corrected chi connectivity index (χ0v) is 11.1. The largest absolute Gasteiger partial charge is 0.416 e. The first-order valence-electron chi connectivity index (χ1n) is 5.84. The first-order chi connectivity index (χ1) is 8.59. The van der Waals surface area contributed by atoms with E-state index in [1.54, 1.807) is 0 Å². The van der Waals surface area contributed by atoms with Gasteiger partial charge in [0.25, 0.3) is 0 Å².